The summed E-state index contributed by atoms with van der Waals surface area (Å²) in [5, 5.41) is 17.3. The zero-order valence-electron chi connectivity index (χ0n) is 18.8. The third-order valence-electron chi connectivity index (χ3n) is 6.00. The Morgan fingerprint density at radius 3 is 2.48 bits per heavy atom. The highest BCUT2D eigenvalue weighted by Crippen LogP contribution is 2.27. The fraction of sp³-hybridized carbons (Fsp3) is 0.458. The SMILES string of the molecule is CCC(C)C(CO)NC(=O)C(NC(=O)c1cc2c([nH]c3ccccc32)c(C)n1)C(C)C. The number of hydrogen-bond acceptors (Lipinski definition) is 4. The Morgan fingerprint density at radius 2 is 1.84 bits per heavy atom. The number of carbonyl (C=O) groups excluding carboxylic acids is 2. The minimum absolute atomic E-state index is 0.127. The molecule has 0 fully saturated rings. The number of hydrogen-bond donors (Lipinski definition) is 4. The molecule has 2 aromatic heterocycles. The van der Waals surface area contributed by atoms with Crippen molar-refractivity contribution in [2.24, 2.45) is 11.8 Å². The van der Waals surface area contributed by atoms with Gasteiger partial charge in [-0.05, 0) is 30.9 Å². The number of pyridine rings is 1. The maximum absolute atomic E-state index is 13.1. The first kappa shape index (κ1) is 22.7. The van der Waals surface area contributed by atoms with Gasteiger partial charge in [-0.3, -0.25) is 9.59 Å². The predicted octanol–water partition coefficient (Wildman–Crippen LogP) is 3.30. The molecule has 31 heavy (non-hydrogen) atoms. The molecule has 3 atom stereocenters. The van der Waals surface area contributed by atoms with Gasteiger partial charge in [0.05, 0.1) is 23.9 Å². The summed E-state index contributed by atoms with van der Waals surface area (Å²) in [6, 6.07) is 8.59. The van der Waals surface area contributed by atoms with E-state index in [4.69, 9.17) is 0 Å². The van der Waals surface area contributed by atoms with Crippen LogP contribution in [-0.2, 0) is 4.79 Å². The minimum atomic E-state index is -0.730. The minimum Gasteiger partial charge on any atom is -0.394 e. The smallest absolute Gasteiger partial charge is 0.270 e. The molecule has 0 bridgehead atoms. The van der Waals surface area contributed by atoms with Crippen molar-refractivity contribution in [1.82, 2.24) is 20.6 Å². The topological polar surface area (TPSA) is 107 Å². The van der Waals surface area contributed by atoms with Crippen LogP contribution < -0.4 is 10.6 Å². The number of H-pyrrole nitrogens is 1. The Balaban J connectivity index is 1.86. The Bertz CT molecular complexity index is 1090. The standard InChI is InChI=1S/C24H32N4O3/c1-6-14(4)20(12-29)27-24(31)21(13(2)3)28-23(30)19-11-17-16-9-7-8-10-18(16)26-22(17)15(5)25-19/h7-11,13-14,20-21,26,29H,6,12H2,1-5H3,(H,27,31)(H,28,30). The number of aliphatic hydroxyl groups is 1. The largest absolute Gasteiger partial charge is 0.394 e. The maximum atomic E-state index is 13.1. The van der Waals surface area contributed by atoms with Crippen LogP contribution in [0.3, 0.4) is 0 Å². The normalized spacial score (nSPS) is 14.5. The number of aromatic nitrogens is 2. The number of nitrogens with zero attached hydrogens (tertiary/aromatic N) is 1. The molecule has 0 aliphatic heterocycles. The van der Waals surface area contributed by atoms with E-state index in [1.54, 1.807) is 6.07 Å². The zero-order chi connectivity index (χ0) is 22.7. The quantitative estimate of drug-likeness (QED) is 0.445. The molecular weight excluding hydrogens is 392 g/mol. The van der Waals surface area contributed by atoms with Crippen molar-refractivity contribution in [2.45, 2.75) is 53.1 Å². The first-order valence-corrected chi connectivity index (χ1v) is 10.9. The number of aliphatic hydroxyl groups excluding tert-OH is 1. The van der Waals surface area contributed by atoms with Gasteiger partial charge in [-0.1, -0.05) is 52.3 Å². The molecule has 0 saturated carbocycles. The second-order valence-electron chi connectivity index (χ2n) is 8.56. The highest BCUT2D eigenvalue weighted by molar-refractivity contribution is 6.10. The van der Waals surface area contributed by atoms with E-state index in [1.165, 1.54) is 0 Å². The van der Waals surface area contributed by atoms with Gasteiger partial charge in [0.25, 0.3) is 5.91 Å². The molecule has 3 unspecified atom stereocenters. The summed E-state index contributed by atoms with van der Waals surface area (Å²) >= 11 is 0. The molecule has 0 spiro atoms. The van der Waals surface area contributed by atoms with Gasteiger partial charge < -0.3 is 20.7 Å². The van der Waals surface area contributed by atoms with Crippen LogP contribution in [0.5, 0.6) is 0 Å². The van der Waals surface area contributed by atoms with Gasteiger partial charge in [-0.25, -0.2) is 4.98 Å². The highest BCUT2D eigenvalue weighted by Gasteiger charge is 2.28. The summed E-state index contributed by atoms with van der Waals surface area (Å²) in [6.07, 6.45) is 0.831. The van der Waals surface area contributed by atoms with Crippen LogP contribution in [0.15, 0.2) is 30.3 Å². The Morgan fingerprint density at radius 1 is 1.13 bits per heavy atom. The molecule has 0 aliphatic carbocycles. The number of benzene rings is 1. The van der Waals surface area contributed by atoms with Crippen LogP contribution in [0.2, 0.25) is 0 Å². The van der Waals surface area contributed by atoms with Gasteiger partial charge in [0, 0.05) is 16.3 Å². The van der Waals surface area contributed by atoms with Gasteiger partial charge in [-0.2, -0.15) is 0 Å². The van der Waals surface area contributed by atoms with Crippen LogP contribution >= 0.6 is 0 Å². The lowest BCUT2D eigenvalue weighted by Crippen LogP contribution is -2.54. The van der Waals surface area contributed by atoms with Crippen LogP contribution in [0.25, 0.3) is 21.8 Å². The molecule has 2 amide bonds. The molecular formula is C24H32N4O3. The first-order chi connectivity index (χ1) is 14.8. The summed E-state index contributed by atoms with van der Waals surface area (Å²) in [5.41, 5.74) is 2.88. The van der Waals surface area contributed by atoms with Crippen LogP contribution in [-0.4, -0.2) is 45.6 Å². The third kappa shape index (κ3) is 4.71. The van der Waals surface area contributed by atoms with Crippen molar-refractivity contribution in [2.75, 3.05) is 6.61 Å². The number of amides is 2. The average molecular weight is 425 g/mol. The van der Waals surface area contributed by atoms with E-state index >= 15 is 0 Å². The summed E-state index contributed by atoms with van der Waals surface area (Å²) in [4.78, 5) is 33.8. The van der Waals surface area contributed by atoms with E-state index in [0.29, 0.717) is 0 Å². The van der Waals surface area contributed by atoms with Crippen LogP contribution in [0, 0.1) is 18.8 Å². The number of para-hydroxylation sites is 1. The Hall–Kier alpha value is -2.93. The number of rotatable bonds is 8. The van der Waals surface area contributed by atoms with Gasteiger partial charge in [0.1, 0.15) is 11.7 Å². The summed E-state index contributed by atoms with van der Waals surface area (Å²) in [7, 11) is 0. The van der Waals surface area contributed by atoms with E-state index in [2.05, 4.69) is 20.6 Å². The van der Waals surface area contributed by atoms with Crippen molar-refractivity contribution in [3.05, 3.63) is 41.7 Å². The fourth-order valence-corrected chi connectivity index (χ4v) is 3.80. The Kier molecular flexibility index (Phi) is 6.95. The molecule has 0 radical (unpaired) electrons. The van der Waals surface area contributed by atoms with Gasteiger partial charge in [0.15, 0.2) is 0 Å². The fourth-order valence-electron chi connectivity index (χ4n) is 3.80. The summed E-state index contributed by atoms with van der Waals surface area (Å²) in [5.74, 6) is -0.690. The maximum Gasteiger partial charge on any atom is 0.270 e. The lowest BCUT2D eigenvalue weighted by Gasteiger charge is -2.27. The lowest BCUT2D eigenvalue weighted by atomic mass is 9.97. The van der Waals surface area contributed by atoms with Gasteiger partial charge in [0.2, 0.25) is 5.91 Å². The van der Waals surface area contributed by atoms with Crippen molar-refractivity contribution in [3.63, 3.8) is 0 Å². The third-order valence-corrected chi connectivity index (χ3v) is 6.00. The average Bonchev–Trinajstić information content (AvgIpc) is 3.14. The van der Waals surface area contributed by atoms with E-state index in [-0.39, 0.29) is 36.1 Å². The summed E-state index contributed by atoms with van der Waals surface area (Å²) in [6.45, 7) is 9.46. The molecule has 4 N–H and O–H groups in total. The molecule has 0 saturated heterocycles. The monoisotopic (exact) mass is 424 g/mol. The summed E-state index contributed by atoms with van der Waals surface area (Å²) < 4.78 is 0. The van der Waals surface area contributed by atoms with E-state index in [1.807, 2.05) is 58.9 Å². The molecule has 3 aromatic rings. The van der Waals surface area contributed by atoms with E-state index < -0.39 is 11.9 Å². The molecule has 7 heteroatoms. The van der Waals surface area contributed by atoms with Crippen LogP contribution in [0.1, 0.15) is 50.3 Å². The number of nitrogens with one attached hydrogen (secondary N) is 3. The zero-order valence-corrected chi connectivity index (χ0v) is 18.8. The number of aryl methyl sites for hydroxylation is 1. The van der Waals surface area contributed by atoms with Crippen molar-refractivity contribution in [1.29, 1.82) is 0 Å². The van der Waals surface area contributed by atoms with E-state index in [0.717, 1.165) is 33.9 Å². The van der Waals surface area contributed by atoms with Crippen molar-refractivity contribution >= 4 is 33.6 Å². The molecule has 1 aromatic carbocycles. The van der Waals surface area contributed by atoms with Gasteiger partial charge in [-0.15, -0.1) is 0 Å². The lowest BCUT2D eigenvalue weighted by molar-refractivity contribution is -0.125. The highest BCUT2D eigenvalue weighted by atomic mass is 16.3. The molecule has 7 nitrogen and oxygen atoms in total. The Labute approximate surface area is 182 Å². The van der Waals surface area contributed by atoms with Crippen molar-refractivity contribution < 1.29 is 14.7 Å². The van der Waals surface area contributed by atoms with E-state index in [9.17, 15) is 14.7 Å². The van der Waals surface area contributed by atoms with Gasteiger partial charge >= 0.3 is 0 Å². The molecule has 2 heterocycles. The second kappa shape index (κ2) is 9.47. The molecule has 166 valence electrons. The second-order valence-corrected chi connectivity index (χ2v) is 8.56. The predicted molar refractivity (Wildman–Crippen MR) is 123 cm³/mol. The van der Waals surface area contributed by atoms with Crippen LogP contribution in [0.4, 0.5) is 0 Å². The van der Waals surface area contributed by atoms with Crippen molar-refractivity contribution in [3.8, 4) is 0 Å². The number of aromatic amines is 1. The first-order valence-electron chi connectivity index (χ1n) is 10.9. The molecule has 0 aliphatic rings. The number of fused-ring (bicyclic) bond motifs is 3. The molecule has 3 rings (SSSR count). The number of carbonyl (C=O) groups is 2.